The second-order valence-electron chi connectivity index (χ2n) is 8.27. The number of aliphatic imine (C=N–C) groups is 1. The van der Waals surface area contributed by atoms with Crippen molar-refractivity contribution in [2.45, 2.75) is 52.5 Å². The summed E-state index contributed by atoms with van der Waals surface area (Å²) >= 11 is 0. The molecule has 1 saturated heterocycles. The van der Waals surface area contributed by atoms with Gasteiger partial charge in [0.1, 0.15) is 0 Å². The molecule has 0 amide bonds. The smallest absolute Gasteiger partial charge is 0.191 e. The van der Waals surface area contributed by atoms with E-state index in [1.165, 1.54) is 11.1 Å². The molecule has 0 aliphatic carbocycles. The van der Waals surface area contributed by atoms with Crippen molar-refractivity contribution in [3.63, 3.8) is 0 Å². The highest BCUT2D eigenvalue weighted by Gasteiger charge is 2.34. The van der Waals surface area contributed by atoms with E-state index in [-0.39, 0.29) is 41.4 Å². The summed E-state index contributed by atoms with van der Waals surface area (Å²) < 4.78 is 5.56. The van der Waals surface area contributed by atoms with Crippen LogP contribution in [0.2, 0.25) is 0 Å². The Labute approximate surface area is 181 Å². The van der Waals surface area contributed by atoms with E-state index in [2.05, 4.69) is 62.6 Å². The van der Waals surface area contributed by atoms with Crippen LogP contribution in [-0.4, -0.2) is 44.0 Å². The van der Waals surface area contributed by atoms with Crippen LogP contribution in [0, 0.1) is 5.41 Å². The monoisotopic (exact) mass is 489 g/mol. The van der Waals surface area contributed by atoms with Gasteiger partial charge in [0.2, 0.25) is 0 Å². The van der Waals surface area contributed by atoms with Crippen molar-refractivity contribution in [1.82, 2.24) is 10.6 Å². The summed E-state index contributed by atoms with van der Waals surface area (Å²) in [6.45, 7) is 12.6. The van der Waals surface area contributed by atoms with Crippen molar-refractivity contribution in [2.24, 2.45) is 10.4 Å². The third kappa shape index (κ3) is 7.58. The van der Waals surface area contributed by atoms with Crippen LogP contribution < -0.4 is 10.6 Å². The van der Waals surface area contributed by atoms with Gasteiger partial charge in [-0.2, -0.15) is 0 Å². The minimum Gasteiger partial charge on any atom is -0.396 e. The normalized spacial score (nSPS) is 20.3. The van der Waals surface area contributed by atoms with Gasteiger partial charge in [-0.05, 0) is 36.3 Å². The second kappa shape index (κ2) is 11.2. The lowest BCUT2D eigenvalue weighted by Crippen LogP contribution is -2.44. The first-order valence-electron chi connectivity index (χ1n) is 9.69. The molecule has 0 saturated carbocycles. The number of benzene rings is 1. The summed E-state index contributed by atoms with van der Waals surface area (Å²) in [5.41, 5.74) is 2.72. The van der Waals surface area contributed by atoms with Gasteiger partial charge in [-0.1, -0.05) is 45.0 Å². The van der Waals surface area contributed by atoms with E-state index >= 15 is 0 Å². The Morgan fingerprint density at radius 3 is 2.44 bits per heavy atom. The number of halogens is 1. The molecule has 1 unspecified atom stereocenters. The number of aliphatic hydroxyl groups is 1. The molecule has 0 aromatic heterocycles. The lowest BCUT2D eigenvalue weighted by molar-refractivity contribution is 0.127. The fourth-order valence-corrected chi connectivity index (χ4v) is 3.21. The number of aliphatic hydroxyl groups excluding tert-OH is 1. The molecule has 1 aromatic rings. The number of guanidine groups is 1. The standard InChI is InChI=1S/C21H35N3O2.HI/c1-5-22-19(24-15-21(10-12-25)11-13-26-16-21)23-14-17-6-8-18(9-7-17)20(2,3)4;/h6-9,25H,5,10-16H2,1-4H3,(H2,22,23,24);1H. The zero-order valence-corrected chi connectivity index (χ0v) is 19.5. The molecule has 3 N–H and O–H groups in total. The zero-order valence-electron chi connectivity index (χ0n) is 17.2. The van der Waals surface area contributed by atoms with Crippen LogP contribution in [0.3, 0.4) is 0 Å². The highest BCUT2D eigenvalue weighted by Crippen LogP contribution is 2.31. The van der Waals surface area contributed by atoms with E-state index in [0.29, 0.717) is 13.2 Å². The van der Waals surface area contributed by atoms with Gasteiger partial charge < -0.3 is 20.5 Å². The van der Waals surface area contributed by atoms with Crippen molar-refractivity contribution in [2.75, 3.05) is 32.9 Å². The minimum absolute atomic E-state index is 0. The summed E-state index contributed by atoms with van der Waals surface area (Å²) in [5, 5.41) is 16.1. The van der Waals surface area contributed by atoms with E-state index in [9.17, 15) is 5.11 Å². The number of ether oxygens (including phenoxy) is 1. The highest BCUT2D eigenvalue weighted by atomic mass is 127. The van der Waals surface area contributed by atoms with Gasteiger partial charge in [-0.3, -0.25) is 0 Å². The molecule has 1 aliphatic rings. The van der Waals surface area contributed by atoms with Crippen molar-refractivity contribution in [1.29, 1.82) is 0 Å². The van der Waals surface area contributed by atoms with Crippen LogP contribution in [0.4, 0.5) is 0 Å². The van der Waals surface area contributed by atoms with Crippen LogP contribution in [0.5, 0.6) is 0 Å². The summed E-state index contributed by atoms with van der Waals surface area (Å²) in [7, 11) is 0. The first kappa shape index (κ1) is 24.2. The molecule has 1 fully saturated rings. The average Bonchev–Trinajstić information content (AvgIpc) is 3.06. The van der Waals surface area contributed by atoms with Crippen molar-refractivity contribution in [3.05, 3.63) is 35.4 Å². The Kier molecular flexibility index (Phi) is 10.0. The zero-order chi connectivity index (χ0) is 19.0. The molecule has 1 aromatic carbocycles. The van der Waals surface area contributed by atoms with Gasteiger partial charge in [0.15, 0.2) is 5.96 Å². The molecule has 0 radical (unpaired) electrons. The molecule has 2 rings (SSSR count). The Morgan fingerprint density at radius 2 is 1.93 bits per heavy atom. The summed E-state index contributed by atoms with van der Waals surface area (Å²) in [6.07, 6.45) is 1.74. The Balaban J connectivity index is 0.00000364. The summed E-state index contributed by atoms with van der Waals surface area (Å²) in [5.74, 6) is 0.816. The summed E-state index contributed by atoms with van der Waals surface area (Å²) in [6, 6.07) is 8.70. The number of nitrogens with one attached hydrogen (secondary N) is 2. The Morgan fingerprint density at radius 1 is 1.22 bits per heavy atom. The topological polar surface area (TPSA) is 65.9 Å². The molecule has 0 bridgehead atoms. The molecule has 27 heavy (non-hydrogen) atoms. The maximum Gasteiger partial charge on any atom is 0.191 e. The minimum atomic E-state index is 0. The second-order valence-corrected chi connectivity index (χ2v) is 8.27. The van der Waals surface area contributed by atoms with Crippen LogP contribution in [-0.2, 0) is 16.7 Å². The molecular weight excluding hydrogens is 453 g/mol. The number of nitrogens with zero attached hydrogens (tertiary/aromatic N) is 1. The van der Waals surface area contributed by atoms with E-state index in [1.807, 2.05) is 0 Å². The largest absolute Gasteiger partial charge is 0.396 e. The third-order valence-electron chi connectivity index (χ3n) is 5.04. The van der Waals surface area contributed by atoms with Gasteiger partial charge in [-0.25, -0.2) is 4.99 Å². The van der Waals surface area contributed by atoms with Gasteiger partial charge >= 0.3 is 0 Å². The number of rotatable bonds is 7. The SMILES string of the molecule is CCNC(=NCc1ccc(C(C)(C)C)cc1)NCC1(CCO)CCOC1.I. The molecule has 6 heteroatoms. The molecule has 5 nitrogen and oxygen atoms in total. The molecule has 1 atom stereocenters. The summed E-state index contributed by atoms with van der Waals surface area (Å²) in [4.78, 5) is 4.72. The molecule has 154 valence electrons. The number of hydrogen-bond donors (Lipinski definition) is 3. The first-order valence-corrected chi connectivity index (χ1v) is 9.69. The van der Waals surface area contributed by atoms with Gasteiger partial charge in [0.25, 0.3) is 0 Å². The average molecular weight is 489 g/mol. The van der Waals surface area contributed by atoms with E-state index in [1.54, 1.807) is 0 Å². The quantitative estimate of drug-likeness (QED) is 0.312. The molecular formula is C21H36IN3O2. The maximum atomic E-state index is 9.36. The van der Waals surface area contributed by atoms with Crippen LogP contribution >= 0.6 is 24.0 Å². The Hall–Kier alpha value is -0.860. The van der Waals surface area contributed by atoms with E-state index in [4.69, 9.17) is 9.73 Å². The lowest BCUT2D eigenvalue weighted by atomic mass is 9.84. The van der Waals surface area contributed by atoms with Crippen LogP contribution in [0.1, 0.15) is 51.7 Å². The highest BCUT2D eigenvalue weighted by molar-refractivity contribution is 14.0. The predicted octanol–water partition coefficient (Wildman–Crippen LogP) is 3.45. The van der Waals surface area contributed by atoms with Crippen molar-refractivity contribution >= 4 is 29.9 Å². The predicted molar refractivity (Wildman–Crippen MR) is 123 cm³/mol. The first-order chi connectivity index (χ1) is 12.4. The number of hydrogen-bond acceptors (Lipinski definition) is 3. The fourth-order valence-electron chi connectivity index (χ4n) is 3.21. The lowest BCUT2D eigenvalue weighted by Gasteiger charge is -2.27. The van der Waals surface area contributed by atoms with Crippen molar-refractivity contribution in [3.8, 4) is 0 Å². The Bertz CT molecular complexity index is 576. The van der Waals surface area contributed by atoms with E-state index in [0.717, 1.165) is 38.5 Å². The fraction of sp³-hybridized carbons (Fsp3) is 0.667. The van der Waals surface area contributed by atoms with Crippen LogP contribution in [0.15, 0.2) is 29.3 Å². The van der Waals surface area contributed by atoms with Crippen LogP contribution in [0.25, 0.3) is 0 Å². The third-order valence-corrected chi connectivity index (χ3v) is 5.04. The molecule has 1 heterocycles. The van der Waals surface area contributed by atoms with Gasteiger partial charge in [0, 0.05) is 31.7 Å². The van der Waals surface area contributed by atoms with Crippen molar-refractivity contribution < 1.29 is 9.84 Å². The van der Waals surface area contributed by atoms with Gasteiger partial charge in [0.05, 0.1) is 13.2 Å². The maximum absolute atomic E-state index is 9.36. The molecule has 1 aliphatic heterocycles. The molecule has 0 spiro atoms. The van der Waals surface area contributed by atoms with Gasteiger partial charge in [-0.15, -0.1) is 24.0 Å². The van der Waals surface area contributed by atoms with E-state index < -0.39 is 0 Å².